The Balaban J connectivity index is 2.44. The van der Waals surface area contributed by atoms with Crippen molar-refractivity contribution >= 4 is 33.7 Å². The number of carbonyl (C=O) groups is 1. The van der Waals surface area contributed by atoms with Gasteiger partial charge in [-0.05, 0) is 46.5 Å². The minimum Gasteiger partial charge on any atom is -0.478 e. The van der Waals surface area contributed by atoms with Gasteiger partial charge < -0.3 is 9.84 Å². The second-order valence-corrected chi connectivity index (χ2v) is 5.37. The van der Waals surface area contributed by atoms with E-state index in [4.69, 9.17) is 4.74 Å². The number of hydrogen-bond acceptors (Lipinski definition) is 3. The Morgan fingerprint density at radius 3 is 2.53 bits per heavy atom. The molecule has 19 heavy (non-hydrogen) atoms. The molecule has 0 heterocycles. The number of benzene rings is 2. The molecule has 0 aliphatic rings. The van der Waals surface area contributed by atoms with Crippen molar-refractivity contribution in [2.24, 2.45) is 0 Å². The molecular weight excluding hydrogens is 328 g/mol. The normalized spacial score (nSPS) is 10.2. The van der Waals surface area contributed by atoms with E-state index in [0.717, 1.165) is 4.90 Å². The zero-order valence-electron chi connectivity index (χ0n) is 10.1. The third kappa shape index (κ3) is 3.11. The highest BCUT2D eigenvalue weighted by Gasteiger charge is 2.16. The van der Waals surface area contributed by atoms with Crippen molar-refractivity contribution < 1.29 is 14.6 Å². The molecule has 0 aliphatic heterocycles. The zero-order valence-corrected chi connectivity index (χ0v) is 12.5. The molecule has 2 aromatic rings. The molecule has 2 rings (SSSR count). The highest BCUT2D eigenvalue weighted by molar-refractivity contribution is 9.10. The first-order valence-electron chi connectivity index (χ1n) is 5.46. The van der Waals surface area contributed by atoms with E-state index in [0.29, 0.717) is 16.0 Å². The second-order valence-electron chi connectivity index (χ2n) is 3.67. The van der Waals surface area contributed by atoms with Gasteiger partial charge in [-0.15, -0.1) is 11.8 Å². The van der Waals surface area contributed by atoms with Crippen molar-refractivity contribution in [3.05, 3.63) is 52.5 Å². The third-order valence-corrected chi connectivity index (χ3v) is 3.92. The molecule has 0 radical (unpaired) electrons. The SMILES string of the molecule is CSc1ccccc1Oc1cccc(Br)c1C(=O)O. The standard InChI is InChI=1S/C14H11BrO3S/c1-19-12-8-3-2-6-10(12)18-11-7-4-5-9(15)13(11)14(16)17/h2-8H,1H3,(H,16,17). The maximum absolute atomic E-state index is 11.3. The molecule has 0 aliphatic carbocycles. The minimum absolute atomic E-state index is 0.124. The van der Waals surface area contributed by atoms with Crippen LogP contribution in [0.4, 0.5) is 0 Å². The number of aromatic carboxylic acids is 1. The number of hydrogen-bond donors (Lipinski definition) is 1. The molecule has 3 nitrogen and oxygen atoms in total. The van der Waals surface area contributed by atoms with Gasteiger partial charge in [-0.1, -0.05) is 18.2 Å². The van der Waals surface area contributed by atoms with Gasteiger partial charge in [0.05, 0.1) is 0 Å². The van der Waals surface area contributed by atoms with Gasteiger partial charge >= 0.3 is 5.97 Å². The average Bonchev–Trinajstić information content (AvgIpc) is 2.39. The van der Waals surface area contributed by atoms with Crippen LogP contribution < -0.4 is 4.74 Å². The van der Waals surface area contributed by atoms with Crippen LogP contribution in [-0.4, -0.2) is 17.3 Å². The Morgan fingerprint density at radius 1 is 1.16 bits per heavy atom. The lowest BCUT2D eigenvalue weighted by Crippen LogP contribution is -2.01. The Kier molecular flexibility index (Phi) is 4.50. The van der Waals surface area contributed by atoms with Crippen LogP contribution in [0.3, 0.4) is 0 Å². The number of ether oxygens (including phenoxy) is 1. The maximum Gasteiger partial charge on any atom is 0.340 e. The Bertz CT molecular complexity index is 613. The number of thioether (sulfide) groups is 1. The first-order valence-corrected chi connectivity index (χ1v) is 7.48. The summed E-state index contributed by atoms with van der Waals surface area (Å²) < 4.78 is 6.24. The van der Waals surface area contributed by atoms with Gasteiger partial charge in [0.25, 0.3) is 0 Å². The summed E-state index contributed by atoms with van der Waals surface area (Å²) in [5.74, 6) is -0.0527. The van der Waals surface area contributed by atoms with Crippen molar-refractivity contribution in [3.8, 4) is 11.5 Å². The Morgan fingerprint density at radius 2 is 1.84 bits per heavy atom. The van der Waals surface area contributed by atoms with Crippen LogP contribution in [0.1, 0.15) is 10.4 Å². The van der Waals surface area contributed by atoms with E-state index in [2.05, 4.69) is 15.9 Å². The molecule has 0 saturated heterocycles. The van der Waals surface area contributed by atoms with E-state index >= 15 is 0 Å². The molecule has 0 fully saturated rings. The van der Waals surface area contributed by atoms with Crippen LogP contribution in [0.5, 0.6) is 11.5 Å². The van der Waals surface area contributed by atoms with Crippen molar-refractivity contribution in [3.63, 3.8) is 0 Å². The zero-order chi connectivity index (χ0) is 13.8. The van der Waals surface area contributed by atoms with E-state index in [1.807, 2.05) is 30.5 Å². The summed E-state index contributed by atoms with van der Waals surface area (Å²) in [4.78, 5) is 12.2. The van der Waals surface area contributed by atoms with Crippen LogP contribution in [0.15, 0.2) is 51.8 Å². The quantitative estimate of drug-likeness (QED) is 0.823. The van der Waals surface area contributed by atoms with Gasteiger partial charge in [0.15, 0.2) is 0 Å². The fraction of sp³-hybridized carbons (Fsp3) is 0.0714. The largest absolute Gasteiger partial charge is 0.478 e. The molecule has 2 aromatic carbocycles. The highest BCUT2D eigenvalue weighted by Crippen LogP contribution is 2.35. The Hall–Kier alpha value is -1.46. The molecule has 98 valence electrons. The summed E-state index contributed by atoms with van der Waals surface area (Å²) in [6.45, 7) is 0. The summed E-state index contributed by atoms with van der Waals surface area (Å²) in [7, 11) is 0. The van der Waals surface area contributed by atoms with Crippen LogP contribution in [0.2, 0.25) is 0 Å². The molecule has 0 bridgehead atoms. The smallest absolute Gasteiger partial charge is 0.340 e. The van der Waals surface area contributed by atoms with Crippen LogP contribution in [0.25, 0.3) is 0 Å². The van der Waals surface area contributed by atoms with E-state index in [9.17, 15) is 9.90 Å². The molecule has 0 unspecified atom stereocenters. The number of carboxylic acids is 1. The van der Waals surface area contributed by atoms with Crippen LogP contribution in [-0.2, 0) is 0 Å². The van der Waals surface area contributed by atoms with Gasteiger partial charge in [0.1, 0.15) is 17.1 Å². The lowest BCUT2D eigenvalue weighted by Gasteiger charge is -2.12. The van der Waals surface area contributed by atoms with Gasteiger partial charge in [-0.3, -0.25) is 0 Å². The van der Waals surface area contributed by atoms with E-state index in [1.54, 1.807) is 30.0 Å². The van der Waals surface area contributed by atoms with E-state index in [1.165, 1.54) is 0 Å². The van der Waals surface area contributed by atoms with Gasteiger partial charge in [0.2, 0.25) is 0 Å². The summed E-state index contributed by atoms with van der Waals surface area (Å²) in [5, 5.41) is 9.24. The summed E-state index contributed by atoms with van der Waals surface area (Å²) in [6.07, 6.45) is 1.95. The number of halogens is 1. The lowest BCUT2D eigenvalue weighted by molar-refractivity contribution is 0.0693. The minimum atomic E-state index is -1.02. The molecule has 0 spiro atoms. The molecule has 0 aromatic heterocycles. The van der Waals surface area contributed by atoms with Crippen molar-refractivity contribution in [1.29, 1.82) is 0 Å². The molecule has 0 amide bonds. The fourth-order valence-corrected chi connectivity index (χ4v) is 2.66. The van der Waals surface area contributed by atoms with Crippen LogP contribution >= 0.6 is 27.7 Å². The van der Waals surface area contributed by atoms with Gasteiger partial charge in [-0.2, -0.15) is 0 Å². The summed E-state index contributed by atoms with van der Waals surface area (Å²) in [6, 6.07) is 12.6. The Labute approximate surface area is 123 Å². The molecular formula is C14H11BrO3S. The van der Waals surface area contributed by atoms with Crippen molar-refractivity contribution in [2.75, 3.05) is 6.26 Å². The number of carboxylic acid groups (broad SMARTS) is 1. The van der Waals surface area contributed by atoms with Crippen molar-refractivity contribution in [2.45, 2.75) is 4.90 Å². The fourth-order valence-electron chi connectivity index (χ4n) is 1.62. The first-order chi connectivity index (χ1) is 9.13. The molecule has 1 N–H and O–H groups in total. The molecule has 0 saturated carbocycles. The number of para-hydroxylation sites is 1. The summed E-state index contributed by atoms with van der Waals surface area (Å²) >= 11 is 4.78. The molecule has 5 heteroatoms. The third-order valence-electron chi connectivity index (χ3n) is 2.48. The lowest BCUT2D eigenvalue weighted by atomic mass is 10.2. The van der Waals surface area contributed by atoms with E-state index in [-0.39, 0.29) is 5.56 Å². The second kappa shape index (κ2) is 6.12. The summed E-state index contributed by atoms with van der Waals surface area (Å²) in [5.41, 5.74) is 0.124. The van der Waals surface area contributed by atoms with Gasteiger partial charge in [0, 0.05) is 9.37 Å². The predicted octanol–water partition coefficient (Wildman–Crippen LogP) is 4.66. The molecule has 0 atom stereocenters. The number of rotatable bonds is 4. The average molecular weight is 339 g/mol. The van der Waals surface area contributed by atoms with E-state index < -0.39 is 5.97 Å². The first kappa shape index (κ1) is 14.0. The predicted molar refractivity (Wildman–Crippen MR) is 79.4 cm³/mol. The topological polar surface area (TPSA) is 46.5 Å². The van der Waals surface area contributed by atoms with Gasteiger partial charge in [-0.25, -0.2) is 4.79 Å². The monoisotopic (exact) mass is 338 g/mol. The maximum atomic E-state index is 11.3. The van der Waals surface area contributed by atoms with Crippen LogP contribution in [0, 0.1) is 0 Å². The van der Waals surface area contributed by atoms with Crippen molar-refractivity contribution in [1.82, 2.24) is 0 Å². The highest BCUT2D eigenvalue weighted by atomic mass is 79.9.